The summed E-state index contributed by atoms with van der Waals surface area (Å²) in [4.78, 5) is 4.09. The molecule has 3 rings (SSSR count). The Morgan fingerprint density at radius 2 is 2.11 bits per heavy atom. The fourth-order valence-electron chi connectivity index (χ4n) is 2.91. The second kappa shape index (κ2) is 4.83. The number of nitrogens with two attached hydrogens (primary N) is 2. The van der Waals surface area contributed by atoms with Crippen molar-refractivity contribution >= 4 is 17.4 Å². The molecule has 1 heterocycles. The topological polar surface area (TPSA) is 64.9 Å². The highest BCUT2D eigenvalue weighted by Gasteiger charge is 2.29. The van der Waals surface area contributed by atoms with Gasteiger partial charge in [0.05, 0.1) is 5.02 Å². The van der Waals surface area contributed by atoms with Crippen molar-refractivity contribution < 1.29 is 0 Å². The molecule has 2 atom stereocenters. The Hall–Kier alpha value is -1.58. The molecule has 1 aliphatic rings. The predicted octanol–water partition coefficient (Wildman–Crippen LogP) is 3.05. The molecular weight excluding hydrogens is 258 g/mol. The lowest BCUT2D eigenvalue weighted by Crippen LogP contribution is -2.20. The van der Waals surface area contributed by atoms with Crippen molar-refractivity contribution in [1.29, 1.82) is 0 Å². The highest BCUT2D eigenvalue weighted by atomic mass is 35.5. The minimum Gasteiger partial charge on any atom is -0.383 e. The van der Waals surface area contributed by atoms with Crippen LogP contribution in [0.25, 0.3) is 0 Å². The fraction of sp³-hybridized carbons (Fsp3) is 0.267. The number of halogens is 1. The molecule has 2 unspecified atom stereocenters. The number of aromatic nitrogens is 1. The van der Waals surface area contributed by atoms with Crippen LogP contribution in [0.2, 0.25) is 5.02 Å². The molecule has 4 N–H and O–H groups in total. The van der Waals surface area contributed by atoms with Gasteiger partial charge in [0.25, 0.3) is 0 Å². The molecular formula is C15H16ClN3. The number of benzene rings is 1. The van der Waals surface area contributed by atoms with E-state index in [1.165, 1.54) is 11.1 Å². The summed E-state index contributed by atoms with van der Waals surface area (Å²) >= 11 is 5.99. The maximum atomic E-state index is 6.41. The number of hydrogen-bond acceptors (Lipinski definition) is 3. The van der Waals surface area contributed by atoms with Crippen molar-refractivity contribution in [2.24, 2.45) is 5.73 Å². The van der Waals surface area contributed by atoms with Gasteiger partial charge in [0, 0.05) is 23.7 Å². The van der Waals surface area contributed by atoms with E-state index in [0.29, 0.717) is 16.8 Å². The molecule has 98 valence electrons. The van der Waals surface area contributed by atoms with Crippen molar-refractivity contribution in [3.05, 3.63) is 58.2 Å². The summed E-state index contributed by atoms with van der Waals surface area (Å²) in [6.07, 6.45) is 3.67. The highest BCUT2D eigenvalue weighted by molar-refractivity contribution is 6.30. The van der Waals surface area contributed by atoms with Crippen LogP contribution in [-0.4, -0.2) is 4.98 Å². The molecule has 2 aromatic rings. The van der Waals surface area contributed by atoms with Crippen LogP contribution in [0.15, 0.2) is 36.5 Å². The summed E-state index contributed by atoms with van der Waals surface area (Å²) in [6, 6.07) is 10.1. The van der Waals surface area contributed by atoms with Gasteiger partial charge in [-0.25, -0.2) is 4.98 Å². The number of rotatable bonds is 2. The third-order valence-electron chi connectivity index (χ3n) is 3.89. The average Bonchev–Trinajstić information content (AvgIpc) is 2.84. The molecule has 0 saturated carbocycles. The van der Waals surface area contributed by atoms with E-state index in [9.17, 15) is 0 Å². The number of hydrogen-bond donors (Lipinski definition) is 2. The Labute approximate surface area is 117 Å². The second-order valence-electron chi connectivity index (χ2n) is 5.00. The van der Waals surface area contributed by atoms with Gasteiger partial charge in [-0.2, -0.15) is 0 Å². The summed E-state index contributed by atoms with van der Waals surface area (Å²) in [5.74, 6) is 0.764. The Morgan fingerprint density at radius 3 is 2.95 bits per heavy atom. The molecule has 0 radical (unpaired) electrons. The molecule has 0 aliphatic heterocycles. The SMILES string of the molecule is Nc1ncc(Cl)cc1C(N)C1CCc2ccccc21. The van der Waals surface area contributed by atoms with Gasteiger partial charge < -0.3 is 11.5 Å². The van der Waals surface area contributed by atoms with Crippen molar-refractivity contribution in [2.75, 3.05) is 5.73 Å². The molecule has 1 aromatic carbocycles. The lowest BCUT2D eigenvalue weighted by molar-refractivity contribution is 0.551. The minimum atomic E-state index is -0.158. The van der Waals surface area contributed by atoms with E-state index in [1.54, 1.807) is 6.20 Å². The standard InChI is InChI=1S/C15H16ClN3/c16-10-7-13(15(18)19-8-10)14(17)12-6-5-9-3-1-2-4-11(9)12/h1-4,7-8,12,14H,5-6,17H2,(H2,18,19). The second-order valence-corrected chi connectivity index (χ2v) is 5.43. The molecule has 0 bridgehead atoms. The van der Waals surface area contributed by atoms with Crippen LogP contribution in [0.4, 0.5) is 5.82 Å². The van der Waals surface area contributed by atoms with Gasteiger partial charge in [0.2, 0.25) is 0 Å². The zero-order chi connectivity index (χ0) is 13.4. The molecule has 19 heavy (non-hydrogen) atoms. The van der Waals surface area contributed by atoms with E-state index in [1.807, 2.05) is 6.07 Å². The summed E-state index contributed by atoms with van der Waals surface area (Å²) in [6.45, 7) is 0. The van der Waals surface area contributed by atoms with E-state index in [4.69, 9.17) is 23.1 Å². The van der Waals surface area contributed by atoms with Gasteiger partial charge in [-0.1, -0.05) is 35.9 Å². The summed E-state index contributed by atoms with van der Waals surface area (Å²) < 4.78 is 0. The molecule has 3 nitrogen and oxygen atoms in total. The monoisotopic (exact) mass is 273 g/mol. The largest absolute Gasteiger partial charge is 0.383 e. The molecule has 4 heteroatoms. The average molecular weight is 274 g/mol. The minimum absolute atomic E-state index is 0.158. The van der Waals surface area contributed by atoms with Gasteiger partial charge in [0.15, 0.2) is 0 Å². The quantitative estimate of drug-likeness (QED) is 0.884. The summed E-state index contributed by atoms with van der Waals surface area (Å²) in [5.41, 5.74) is 15.9. The van der Waals surface area contributed by atoms with Crippen LogP contribution in [-0.2, 0) is 6.42 Å². The lowest BCUT2D eigenvalue weighted by Gasteiger charge is -2.21. The Kier molecular flexibility index (Phi) is 3.17. The maximum absolute atomic E-state index is 6.41. The van der Waals surface area contributed by atoms with Crippen LogP contribution in [0.1, 0.15) is 35.1 Å². The first-order valence-corrected chi connectivity index (χ1v) is 6.79. The highest BCUT2D eigenvalue weighted by Crippen LogP contribution is 2.41. The van der Waals surface area contributed by atoms with Gasteiger partial charge in [-0.3, -0.25) is 0 Å². The van der Waals surface area contributed by atoms with Gasteiger partial charge in [-0.05, 0) is 30.0 Å². The predicted molar refractivity (Wildman–Crippen MR) is 78.1 cm³/mol. The van der Waals surface area contributed by atoms with Gasteiger partial charge >= 0.3 is 0 Å². The van der Waals surface area contributed by atoms with Crippen LogP contribution in [0, 0.1) is 0 Å². The third-order valence-corrected chi connectivity index (χ3v) is 4.09. The van der Waals surface area contributed by atoms with E-state index in [2.05, 4.69) is 29.2 Å². The Bertz CT molecular complexity index is 612. The number of aryl methyl sites for hydroxylation is 1. The van der Waals surface area contributed by atoms with Crippen LogP contribution < -0.4 is 11.5 Å². The van der Waals surface area contributed by atoms with Crippen LogP contribution in [0.3, 0.4) is 0 Å². The van der Waals surface area contributed by atoms with E-state index < -0.39 is 0 Å². The number of nitrogens with zero attached hydrogens (tertiary/aromatic N) is 1. The lowest BCUT2D eigenvalue weighted by atomic mass is 9.89. The van der Waals surface area contributed by atoms with Crippen molar-refractivity contribution in [2.45, 2.75) is 24.8 Å². The first-order valence-electron chi connectivity index (χ1n) is 6.41. The van der Waals surface area contributed by atoms with E-state index in [-0.39, 0.29) is 6.04 Å². The Balaban J connectivity index is 1.97. The molecule has 0 saturated heterocycles. The van der Waals surface area contributed by atoms with Crippen LogP contribution in [0.5, 0.6) is 0 Å². The van der Waals surface area contributed by atoms with Gasteiger partial charge in [-0.15, -0.1) is 0 Å². The van der Waals surface area contributed by atoms with E-state index in [0.717, 1.165) is 18.4 Å². The zero-order valence-electron chi connectivity index (χ0n) is 10.5. The smallest absolute Gasteiger partial charge is 0.128 e. The maximum Gasteiger partial charge on any atom is 0.128 e. The molecule has 0 spiro atoms. The number of pyridine rings is 1. The molecule has 0 fully saturated rings. The first-order chi connectivity index (χ1) is 9.16. The van der Waals surface area contributed by atoms with Crippen molar-refractivity contribution in [1.82, 2.24) is 4.98 Å². The van der Waals surface area contributed by atoms with Crippen molar-refractivity contribution in [3.63, 3.8) is 0 Å². The summed E-state index contributed by atoms with van der Waals surface area (Å²) in [7, 11) is 0. The third kappa shape index (κ3) is 2.20. The Morgan fingerprint density at radius 1 is 1.32 bits per heavy atom. The van der Waals surface area contributed by atoms with Crippen molar-refractivity contribution in [3.8, 4) is 0 Å². The number of fused-ring (bicyclic) bond motifs is 1. The molecule has 0 amide bonds. The molecule has 1 aliphatic carbocycles. The summed E-state index contributed by atoms with van der Waals surface area (Å²) in [5, 5.41) is 0.575. The van der Waals surface area contributed by atoms with E-state index >= 15 is 0 Å². The number of anilines is 1. The van der Waals surface area contributed by atoms with Gasteiger partial charge in [0.1, 0.15) is 5.82 Å². The molecule has 1 aromatic heterocycles. The van der Waals surface area contributed by atoms with Crippen LogP contribution >= 0.6 is 11.6 Å². The normalized spacial score (nSPS) is 19.2. The first kappa shape index (κ1) is 12.5. The fourth-order valence-corrected chi connectivity index (χ4v) is 3.08. The number of nitrogen functional groups attached to an aromatic ring is 1. The zero-order valence-corrected chi connectivity index (χ0v) is 11.3.